The highest BCUT2D eigenvalue weighted by molar-refractivity contribution is 7.18. The van der Waals surface area contributed by atoms with Gasteiger partial charge in [0.05, 0.1) is 0 Å². The summed E-state index contributed by atoms with van der Waals surface area (Å²) < 4.78 is 19.5. The summed E-state index contributed by atoms with van der Waals surface area (Å²) in [6.45, 7) is 1.91. The number of carbonyl (C=O) groups excluding carboxylic acids is 2. The highest BCUT2D eigenvalue weighted by Gasteiger charge is 2.41. The third kappa shape index (κ3) is 7.09. The fraction of sp³-hybridized carbons (Fsp3) is 0.250. The van der Waals surface area contributed by atoms with Gasteiger partial charge in [0, 0.05) is 39.1 Å². The van der Waals surface area contributed by atoms with Crippen molar-refractivity contribution >= 4 is 46.4 Å². The van der Waals surface area contributed by atoms with Crippen molar-refractivity contribution in [2.75, 3.05) is 26.2 Å². The molecule has 224 valence electrons. The maximum atomic E-state index is 13.9. The Hall–Kier alpha value is -3.31. The number of imide groups is 1. The van der Waals surface area contributed by atoms with E-state index < -0.39 is 17.4 Å². The average Bonchev–Trinajstić information content (AvgIpc) is 3.40. The number of benzene rings is 3. The van der Waals surface area contributed by atoms with Crippen molar-refractivity contribution in [1.82, 2.24) is 16.0 Å². The van der Waals surface area contributed by atoms with Crippen molar-refractivity contribution in [3.05, 3.63) is 99.1 Å². The molecule has 11 heteroatoms. The molecule has 3 aromatic carbocycles. The van der Waals surface area contributed by atoms with Crippen LogP contribution in [0, 0.1) is 5.82 Å². The summed E-state index contributed by atoms with van der Waals surface area (Å²) >= 11 is 14.0. The van der Waals surface area contributed by atoms with Gasteiger partial charge in [-0.1, -0.05) is 65.7 Å². The molecule has 1 saturated heterocycles. The predicted octanol–water partition coefficient (Wildman–Crippen LogP) is 6.03. The van der Waals surface area contributed by atoms with E-state index in [1.807, 2.05) is 30.3 Å². The van der Waals surface area contributed by atoms with Gasteiger partial charge < -0.3 is 15.8 Å². The number of nitrogens with one attached hydrogen (secondary N) is 3. The minimum atomic E-state index is -1.00. The lowest BCUT2D eigenvalue weighted by molar-refractivity contribution is -0.127. The highest BCUT2D eigenvalue weighted by atomic mass is 35.5. The van der Waals surface area contributed by atoms with E-state index in [4.69, 9.17) is 33.7 Å². The third-order valence-corrected chi connectivity index (χ3v) is 9.13. The maximum absolute atomic E-state index is 13.9. The molecule has 0 saturated carbocycles. The van der Waals surface area contributed by atoms with Crippen LogP contribution in [0.3, 0.4) is 0 Å². The molecular formula is C32H31Cl2FN4O3S. The Morgan fingerprint density at radius 1 is 1.00 bits per heavy atom. The summed E-state index contributed by atoms with van der Waals surface area (Å²) in [6.07, 6.45) is 0.935. The zero-order chi connectivity index (χ0) is 30.4. The molecule has 1 aliphatic rings. The van der Waals surface area contributed by atoms with Crippen LogP contribution in [0.25, 0.3) is 21.6 Å². The zero-order valence-corrected chi connectivity index (χ0v) is 25.6. The number of nitrogens with two attached hydrogens (primary N) is 1. The van der Waals surface area contributed by atoms with E-state index in [2.05, 4.69) is 16.0 Å². The molecule has 0 spiro atoms. The monoisotopic (exact) mass is 640 g/mol. The molecule has 0 aliphatic carbocycles. The molecule has 43 heavy (non-hydrogen) atoms. The molecule has 1 aliphatic heterocycles. The number of hydrogen-bond donors (Lipinski definition) is 4. The van der Waals surface area contributed by atoms with Crippen molar-refractivity contribution < 1.29 is 18.7 Å². The molecule has 5 N–H and O–H groups in total. The number of carbonyl (C=O) groups is 2. The fourth-order valence-electron chi connectivity index (χ4n) is 5.07. The molecule has 2 amide bonds. The topological polar surface area (TPSA) is 105 Å². The van der Waals surface area contributed by atoms with Crippen LogP contribution in [-0.2, 0) is 11.3 Å². The van der Waals surface area contributed by atoms with Gasteiger partial charge in [-0.05, 0) is 67.4 Å². The summed E-state index contributed by atoms with van der Waals surface area (Å²) in [5, 5.41) is 10.3. The standard InChI is InChI=1S/C32H31Cl2FN4O3S/c33-22-9-7-21(8-10-22)26-27(42-18-15-36)29(43-28(26)24-3-1-2-4-25(24)34)30(40)39-31(41)32(13-16-37-17-14-32)38-19-20-5-11-23(35)12-6-20/h1-12,37-38H,13-19,36H2,(H,39,40,41). The van der Waals surface area contributed by atoms with Crippen molar-refractivity contribution in [1.29, 1.82) is 0 Å². The van der Waals surface area contributed by atoms with Crippen LogP contribution in [0.4, 0.5) is 4.39 Å². The average molecular weight is 642 g/mol. The van der Waals surface area contributed by atoms with E-state index in [0.29, 0.717) is 58.7 Å². The van der Waals surface area contributed by atoms with Crippen LogP contribution in [0.1, 0.15) is 28.1 Å². The quantitative estimate of drug-likeness (QED) is 0.158. The van der Waals surface area contributed by atoms with Gasteiger partial charge in [0.2, 0.25) is 5.91 Å². The largest absolute Gasteiger partial charge is 0.490 e. The van der Waals surface area contributed by atoms with E-state index in [1.54, 1.807) is 30.3 Å². The highest BCUT2D eigenvalue weighted by Crippen LogP contribution is 2.49. The number of halogens is 3. The lowest BCUT2D eigenvalue weighted by atomic mass is 9.86. The Morgan fingerprint density at radius 2 is 1.70 bits per heavy atom. The van der Waals surface area contributed by atoms with Gasteiger partial charge in [-0.2, -0.15) is 0 Å². The van der Waals surface area contributed by atoms with Gasteiger partial charge in [0.25, 0.3) is 5.91 Å². The van der Waals surface area contributed by atoms with E-state index in [0.717, 1.165) is 16.7 Å². The van der Waals surface area contributed by atoms with Crippen LogP contribution in [-0.4, -0.2) is 43.6 Å². The van der Waals surface area contributed by atoms with Crippen LogP contribution in [0.5, 0.6) is 5.75 Å². The first-order valence-corrected chi connectivity index (χ1v) is 15.4. The number of amides is 2. The molecule has 1 fully saturated rings. The molecule has 0 radical (unpaired) electrons. The summed E-state index contributed by atoms with van der Waals surface area (Å²) in [7, 11) is 0. The Kier molecular flexibility index (Phi) is 10.1. The number of piperidine rings is 1. The second-order valence-electron chi connectivity index (χ2n) is 10.2. The Labute approximate surface area is 263 Å². The molecule has 0 unspecified atom stereocenters. The lowest BCUT2D eigenvalue weighted by Gasteiger charge is -2.37. The number of thiophene rings is 1. The molecule has 1 aromatic heterocycles. The number of rotatable bonds is 10. The Balaban J connectivity index is 1.51. The van der Waals surface area contributed by atoms with Gasteiger partial charge in [-0.15, -0.1) is 11.3 Å². The Bertz CT molecular complexity index is 1590. The Morgan fingerprint density at radius 3 is 2.37 bits per heavy atom. The predicted molar refractivity (Wildman–Crippen MR) is 170 cm³/mol. The van der Waals surface area contributed by atoms with Gasteiger partial charge in [-0.3, -0.25) is 20.2 Å². The molecule has 2 heterocycles. The smallest absolute Gasteiger partial charge is 0.271 e. The SMILES string of the molecule is NCCOc1c(C(=O)NC(=O)C2(NCc3ccc(F)cc3)CCNCC2)sc(-c2ccccc2Cl)c1-c1ccc(Cl)cc1. The van der Waals surface area contributed by atoms with Crippen molar-refractivity contribution in [3.63, 3.8) is 0 Å². The fourth-order valence-corrected chi connectivity index (χ4v) is 6.68. The van der Waals surface area contributed by atoms with Crippen molar-refractivity contribution in [3.8, 4) is 27.3 Å². The maximum Gasteiger partial charge on any atom is 0.271 e. The summed E-state index contributed by atoms with van der Waals surface area (Å²) in [5.41, 5.74) is 7.76. The van der Waals surface area contributed by atoms with Gasteiger partial charge in [-0.25, -0.2) is 4.39 Å². The molecule has 0 bridgehead atoms. The van der Waals surface area contributed by atoms with Gasteiger partial charge in [0.15, 0.2) is 5.75 Å². The minimum absolute atomic E-state index is 0.155. The summed E-state index contributed by atoms with van der Waals surface area (Å²) in [6, 6.07) is 20.6. The molecule has 7 nitrogen and oxygen atoms in total. The molecule has 4 aromatic rings. The summed E-state index contributed by atoms with van der Waals surface area (Å²) in [5.74, 6) is -1.04. The number of ether oxygens (including phenoxy) is 1. The van der Waals surface area contributed by atoms with Crippen LogP contribution >= 0.6 is 34.5 Å². The first kappa shape index (κ1) is 31.1. The first-order valence-electron chi connectivity index (χ1n) is 13.9. The number of hydrogen-bond acceptors (Lipinski definition) is 7. The zero-order valence-electron chi connectivity index (χ0n) is 23.2. The first-order chi connectivity index (χ1) is 20.8. The minimum Gasteiger partial charge on any atom is -0.490 e. The van der Waals surface area contributed by atoms with E-state index >= 15 is 0 Å². The van der Waals surface area contributed by atoms with E-state index in [1.165, 1.54) is 23.5 Å². The van der Waals surface area contributed by atoms with Crippen LogP contribution in [0.15, 0.2) is 72.8 Å². The molecular weight excluding hydrogens is 610 g/mol. The summed E-state index contributed by atoms with van der Waals surface area (Å²) in [4.78, 5) is 28.7. The second-order valence-corrected chi connectivity index (χ2v) is 12.0. The third-order valence-electron chi connectivity index (χ3n) is 7.35. The van der Waals surface area contributed by atoms with Gasteiger partial charge in [0.1, 0.15) is 22.8 Å². The van der Waals surface area contributed by atoms with E-state index in [9.17, 15) is 14.0 Å². The van der Waals surface area contributed by atoms with Crippen molar-refractivity contribution in [2.45, 2.75) is 24.9 Å². The molecule has 5 rings (SSSR count). The van der Waals surface area contributed by atoms with Crippen LogP contribution in [0.2, 0.25) is 10.0 Å². The van der Waals surface area contributed by atoms with Gasteiger partial charge >= 0.3 is 0 Å². The molecule has 0 atom stereocenters. The lowest BCUT2D eigenvalue weighted by Crippen LogP contribution is -2.61. The van der Waals surface area contributed by atoms with E-state index in [-0.39, 0.29) is 23.8 Å². The van der Waals surface area contributed by atoms with Crippen molar-refractivity contribution in [2.24, 2.45) is 5.73 Å². The van der Waals surface area contributed by atoms with Crippen LogP contribution < -0.4 is 26.4 Å². The normalized spacial score (nSPS) is 14.3. The second kappa shape index (κ2) is 14.0.